The first-order valence-electron chi connectivity index (χ1n) is 25.4. The second-order valence-electron chi connectivity index (χ2n) is 18.4. The standard InChI is InChI=1S/C66H54N12/c67-45-1-5-47(6-2-45)69-49-9-13-51(14-10-49)71-53-17-21-55(22-18-53)73-57-25-29-59(30-26-57)75-61-33-37-63(38-34-61)77-65-41-43-66(44-42-65)78-64-39-35-62(36-40-64)76-60-31-27-58(28-32-60)74-56-23-19-54(20-24-56)72-52-15-11-50(12-16-52)70-48-7-3-46(68)4-8-48/h1-44,69-72,77-78H,67-68H2. The normalized spacial score (nSPS) is 12.4. The lowest BCUT2D eigenvalue weighted by Gasteiger charge is -2.10. The van der Waals surface area contributed by atoms with Crippen LogP contribution in [0.15, 0.2) is 287 Å². The van der Waals surface area contributed by atoms with E-state index < -0.39 is 0 Å². The van der Waals surface area contributed by atoms with Gasteiger partial charge in [0.1, 0.15) is 0 Å². The van der Waals surface area contributed by atoms with E-state index in [1.165, 1.54) is 0 Å². The predicted molar refractivity (Wildman–Crippen MR) is 331 cm³/mol. The molecule has 11 rings (SSSR count). The molecule has 78 heavy (non-hydrogen) atoms. The summed E-state index contributed by atoms with van der Waals surface area (Å²) in [4.78, 5) is 19.3. The first kappa shape index (κ1) is 49.2. The number of nitrogens with one attached hydrogen (secondary N) is 6. The van der Waals surface area contributed by atoms with Gasteiger partial charge >= 0.3 is 0 Å². The number of hydrogen-bond acceptors (Lipinski definition) is 12. The summed E-state index contributed by atoms with van der Waals surface area (Å²) in [6.45, 7) is 0. The maximum Gasteiger partial charge on any atom is 0.0638 e. The van der Waals surface area contributed by atoms with Gasteiger partial charge in [0.2, 0.25) is 0 Å². The zero-order valence-electron chi connectivity index (χ0n) is 42.3. The molecular formula is C66H54N12. The van der Waals surface area contributed by atoms with Gasteiger partial charge in [-0.2, -0.15) is 0 Å². The van der Waals surface area contributed by atoms with E-state index in [1.54, 1.807) is 0 Å². The van der Waals surface area contributed by atoms with E-state index in [4.69, 9.17) is 31.4 Å². The van der Waals surface area contributed by atoms with Gasteiger partial charge in [-0.1, -0.05) is 0 Å². The van der Waals surface area contributed by atoms with Crippen LogP contribution in [0.25, 0.3) is 0 Å². The Hall–Kier alpha value is -11.0. The molecular weight excluding hydrogens is 961 g/mol. The summed E-state index contributed by atoms with van der Waals surface area (Å²) < 4.78 is 0. The SMILES string of the molecule is Nc1ccc(Nc2ccc(Nc3ccc(N=C4C=CC(=Nc5ccc(Nc6ccc(Nc7ccc(N=C8C=CC(=Nc9ccc(Nc%10ccc(Nc%11ccc(N)cc%11)cc%10)cc9)C=C8)cc7)cc6)cc5)C=C4)cc3)cc2)cc1. The van der Waals surface area contributed by atoms with Crippen molar-refractivity contribution in [3.8, 4) is 0 Å². The van der Waals surface area contributed by atoms with Gasteiger partial charge in [-0.3, -0.25) is 0 Å². The molecule has 0 atom stereocenters. The van der Waals surface area contributed by atoms with E-state index in [1.807, 2.05) is 243 Å². The number of anilines is 14. The summed E-state index contributed by atoms with van der Waals surface area (Å²) in [5, 5.41) is 20.7. The minimum absolute atomic E-state index is 0.741. The molecule has 2 aliphatic carbocycles. The number of allylic oxidation sites excluding steroid dienone is 8. The average Bonchev–Trinajstić information content (AvgIpc) is 3.48. The predicted octanol–water partition coefficient (Wildman–Crippen LogP) is 17.3. The van der Waals surface area contributed by atoms with Gasteiger partial charge in [0.05, 0.1) is 45.6 Å². The lowest BCUT2D eigenvalue weighted by Crippen LogP contribution is -1.99. The van der Waals surface area contributed by atoms with Crippen LogP contribution in [-0.2, 0) is 0 Å². The largest absolute Gasteiger partial charge is 0.399 e. The first-order chi connectivity index (χ1) is 38.3. The third-order valence-corrected chi connectivity index (χ3v) is 12.4. The van der Waals surface area contributed by atoms with E-state index in [-0.39, 0.29) is 0 Å². The summed E-state index contributed by atoms with van der Waals surface area (Å²) >= 11 is 0. The Morgan fingerprint density at radius 1 is 0.179 bits per heavy atom. The smallest absolute Gasteiger partial charge is 0.0638 e. The van der Waals surface area contributed by atoms with E-state index in [2.05, 4.69) is 56.2 Å². The summed E-state index contributed by atoms with van der Waals surface area (Å²) in [5.74, 6) is 0. The number of nitrogens with two attached hydrogens (primary N) is 2. The molecule has 9 aromatic rings. The fourth-order valence-corrected chi connectivity index (χ4v) is 8.32. The first-order valence-corrected chi connectivity index (χ1v) is 25.4. The number of rotatable bonds is 16. The average molecular weight is 1020 g/mol. The van der Waals surface area contributed by atoms with Crippen molar-refractivity contribution in [1.82, 2.24) is 0 Å². The van der Waals surface area contributed by atoms with Crippen LogP contribution in [0.5, 0.6) is 0 Å². The second-order valence-corrected chi connectivity index (χ2v) is 18.4. The zero-order chi connectivity index (χ0) is 52.9. The number of nitrogens with zero attached hydrogens (tertiary/aromatic N) is 4. The Morgan fingerprint density at radius 2 is 0.308 bits per heavy atom. The summed E-state index contributed by atoms with van der Waals surface area (Å²) in [7, 11) is 0. The van der Waals surface area contributed by atoms with Crippen LogP contribution >= 0.6 is 0 Å². The van der Waals surface area contributed by atoms with E-state index in [0.29, 0.717) is 0 Å². The molecule has 0 saturated carbocycles. The Morgan fingerprint density at radius 3 is 0.462 bits per heavy atom. The van der Waals surface area contributed by atoms with Crippen molar-refractivity contribution in [3.05, 3.63) is 267 Å². The highest BCUT2D eigenvalue weighted by molar-refractivity contribution is 6.20. The van der Waals surface area contributed by atoms with Crippen LogP contribution in [0.3, 0.4) is 0 Å². The van der Waals surface area contributed by atoms with Gasteiger partial charge in [0.25, 0.3) is 0 Å². The van der Waals surface area contributed by atoms with Crippen molar-refractivity contribution in [1.29, 1.82) is 0 Å². The highest BCUT2D eigenvalue weighted by Gasteiger charge is 2.06. The van der Waals surface area contributed by atoms with E-state index in [0.717, 1.165) is 125 Å². The van der Waals surface area contributed by atoms with Crippen LogP contribution in [0.4, 0.5) is 102 Å². The molecule has 9 aromatic carbocycles. The summed E-state index contributed by atoms with van der Waals surface area (Å²) in [5.41, 5.74) is 31.8. The van der Waals surface area contributed by atoms with Gasteiger partial charge in [-0.15, -0.1) is 0 Å². The molecule has 0 amide bonds. The van der Waals surface area contributed by atoms with Crippen molar-refractivity contribution >= 4 is 125 Å². The molecule has 2 aliphatic rings. The molecule has 10 N–H and O–H groups in total. The van der Waals surface area contributed by atoms with E-state index in [9.17, 15) is 0 Å². The Kier molecular flexibility index (Phi) is 14.8. The molecule has 378 valence electrons. The summed E-state index contributed by atoms with van der Waals surface area (Å²) in [6.07, 6.45) is 15.9. The third-order valence-electron chi connectivity index (χ3n) is 12.4. The molecule has 0 saturated heterocycles. The van der Waals surface area contributed by atoms with Crippen molar-refractivity contribution in [2.24, 2.45) is 20.0 Å². The molecule has 0 bridgehead atoms. The number of benzene rings is 9. The zero-order valence-corrected chi connectivity index (χ0v) is 42.3. The lowest BCUT2D eigenvalue weighted by atomic mass is 10.1. The highest BCUT2D eigenvalue weighted by atomic mass is 14.9. The third kappa shape index (κ3) is 13.8. The van der Waals surface area contributed by atoms with Crippen LogP contribution in [0.2, 0.25) is 0 Å². The molecule has 0 aromatic heterocycles. The monoisotopic (exact) mass is 1010 g/mol. The lowest BCUT2D eigenvalue weighted by molar-refractivity contribution is 1.47. The van der Waals surface area contributed by atoms with Gasteiger partial charge in [0.15, 0.2) is 0 Å². The van der Waals surface area contributed by atoms with Crippen LogP contribution in [0.1, 0.15) is 0 Å². The van der Waals surface area contributed by atoms with Crippen molar-refractivity contribution in [2.75, 3.05) is 43.4 Å². The molecule has 0 radical (unpaired) electrons. The fourth-order valence-electron chi connectivity index (χ4n) is 8.32. The minimum atomic E-state index is 0.741. The maximum absolute atomic E-state index is 5.80. The summed E-state index contributed by atoms with van der Waals surface area (Å²) in [6, 6.07) is 72.1. The molecule has 0 heterocycles. The second kappa shape index (κ2) is 23.5. The number of nitrogen functional groups attached to an aromatic ring is 2. The minimum Gasteiger partial charge on any atom is -0.399 e. The van der Waals surface area contributed by atoms with Crippen molar-refractivity contribution in [2.45, 2.75) is 0 Å². The molecule has 12 heteroatoms. The molecule has 0 fully saturated rings. The Balaban J connectivity index is 0.604. The van der Waals surface area contributed by atoms with Crippen LogP contribution in [0, 0.1) is 0 Å². The van der Waals surface area contributed by atoms with E-state index >= 15 is 0 Å². The molecule has 0 unspecified atom stereocenters. The van der Waals surface area contributed by atoms with Crippen molar-refractivity contribution in [3.63, 3.8) is 0 Å². The molecule has 0 spiro atoms. The molecule has 12 nitrogen and oxygen atoms in total. The van der Waals surface area contributed by atoms with Gasteiger partial charge < -0.3 is 43.4 Å². The van der Waals surface area contributed by atoms with Gasteiger partial charge in [0, 0.05) is 79.6 Å². The number of aliphatic imine (C=N–C) groups is 4. The molecule has 0 aliphatic heterocycles. The quantitative estimate of drug-likeness (QED) is 0.0349. The Bertz CT molecular complexity index is 3470. The topological polar surface area (TPSA) is 174 Å². The van der Waals surface area contributed by atoms with Gasteiger partial charge in [-0.05, 0) is 267 Å². The van der Waals surface area contributed by atoms with Crippen LogP contribution < -0.4 is 43.4 Å². The highest BCUT2D eigenvalue weighted by Crippen LogP contribution is 2.29. The van der Waals surface area contributed by atoms with Crippen molar-refractivity contribution < 1.29 is 0 Å². The van der Waals surface area contributed by atoms with Gasteiger partial charge in [-0.25, -0.2) is 20.0 Å². The fraction of sp³-hybridized carbons (Fsp3) is 0. The number of hydrogen-bond donors (Lipinski definition) is 8. The maximum atomic E-state index is 5.80. The Labute approximate surface area is 453 Å². The van der Waals surface area contributed by atoms with Crippen LogP contribution in [-0.4, -0.2) is 22.8 Å².